The Kier molecular flexibility index (Phi) is 6.10. The van der Waals surface area contributed by atoms with E-state index in [-0.39, 0.29) is 30.2 Å². The van der Waals surface area contributed by atoms with Crippen LogP contribution in [0.15, 0.2) is 42.5 Å². The van der Waals surface area contributed by atoms with E-state index < -0.39 is 0 Å². The lowest BCUT2D eigenvalue weighted by molar-refractivity contribution is -0.115. The monoisotopic (exact) mass is 328 g/mol. The molecule has 0 radical (unpaired) electrons. The summed E-state index contributed by atoms with van der Waals surface area (Å²) < 4.78 is 13.1. The number of halogens is 1. The minimum atomic E-state index is -0.256. The largest absolute Gasteiger partial charge is 0.324 e. The smallest absolute Gasteiger partial charge is 0.238 e. The lowest BCUT2D eigenvalue weighted by Gasteiger charge is -2.23. The Balaban J connectivity index is 2.01. The maximum absolute atomic E-state index is 13.1. The number of nitrogens with one attached hydrogen (secondary N) is 2. The number of carbonyl (C=O) groups excluding carboxylic acids is 1. The van der Waals surface area contributed by atoms with Gasteiger partial charge in [-0.15, -0.1) is 0 Å². The van der Waals surface area contributed by atoms with E-state index in [4.69, 9.17) is 0 Å². The topological polar surface area (TPSA) is 41.1 Å². The second kappa shape index (κ2) is 8.06. The minimum Gasteiger partial charge on any atom is -0.324 e. The van der Waals surface area contributed by atoms with Crippen LogP contribution in [0.2, 0.25) is 0 Å². The normalized spacial score (nSPS) is 12.2. The van der Waals surface area contributed by atoms with Crippen LogP contribution in [0, 0.1) is 25.6 Å². The Labute approximate surface area is 143 Å². The van der Waals surface area contributed by atoms with Crippen LogP contribution in [-0.4, -0.2) is 12.5 Å². The molecule has 4 heteroatoms. The van der Waals surface area contributed by atoms with E-state index in [0.717, 1.165) is 22.4 Å². The Morgan fingerprint density at radius 3 is 2.17 bits per heavy atom. The van der Waals surface area contributed by atoms with E-state index >= 15 is 0 Å². The SMILES string of the molecule is Cc1cccc(C)c1NC(=O)CN[C@@H](c1ccc(F)cc1)C(C)C. The molecule has 24 heavy (non-hydrogen) atoms. The van der Waals surface area contributed by atoms with Gasteiger partial charge in [0.05, 0.1) is 6.54 Å². The van der Waals surface area contributed by atoms with E-state index in [2.05, 4.69) is 24.5 Å². The average molecular weight is 328 g/mol. The third-order valence-electron chi connectivity index (χ3n) is 4.12. The fraction of sp³-hybridized carbons (Fsp3) is 0.350. The van der Waals surface area contributed by atoms with Gasteiger partial charge in [0.25, 0.3) is 0 Å². The molecule has 2 rings (SSSR count). The predicted octanol–water partition coefficient (Wildman–Crippen LogP) is 4.37. The molecule has 0 bridgehead atoms. The number of hydrogen-bond acceptors (Lipinski definition) is 2. The maximum atomic E-state index is 13.1. The molecule has 0 aromatic heterocycles. The van der Waals surface area contributed by atoms with Crippen LogP contribution in [0.5, 0.6) is 0 Å². The maximum Gasteiger partial charge on any atom is 0.238 e. The number of benzene rings is 2. The van der Waals surface area contributed by atoms with Gasteiger partial charge in [-0.05, 0) is 48.6 Å². The molecule has 2 aromatic carbocycles. The molecule has 0 saturated heterocycles. The minimum absolute atomic E-state index is 0.00526. The summed E-state index contributed by atoms with van der Waals surface area (Å²) in [5.41, 5.74) is 3.93. The second-order valence-electron chi connectivity index (χ2n) is 6.47. The van der Waals surface area contributed by atoms with Gasteiger partial charge in [-0.25, -0.2) is 4.39 Å². The first kappa shape index (κ1) is 18.1. The van der Waals surface area contributed by atoms with Crippen molar-refractivity contribution >= 4 is 11.6 Å². The molecule has 1 atom stereocenters. The number of carbonyl (C=O) groups is 1. The number of hydrogen-bond donors (Lipinski definition) is 2. The Hall–Kier alpha value is -2.20. The molecule has 0 aliphatic heterocycles. The predicted molar refractivity (Wildman–Crippen MR) is 96.5 cm³/mol. The van der Waals surface area contributed by atoms with Crippen molar-refractivity contribution in [2.75, 3.05) is 11.9 Å². The van der Waals surface area contributed by atoms with Crippen molar-refractivity contribution < 1.29 is 9.18 Å². The Bertz CT molecular complexity index is 675. The molecule has 1 amide bonds. The first-order chi connectivity index (χ1) is 11.4. The zero-order chi connectivity index (χ0) is 17.7. The number of para-hydroxylation sites is 1. The average Bonchev–Trinajstić information content (AvgIpc) is 2.52. The zero-order valence-electron chi connectivity index (χ0n) is 14.7. The van der Waals surface area contributed by atoms with Gasteiger partial charge < -0.3 is 10.6 Å². The molecule has 0 heterocycles. The number of anilines is 1. The summed E-state index contributed by atoms with van der Waals surface area (Å²) in [6.07, 6.45) is 0. The Morgan fingerprint density at radius 1 is 1.04 bits per heavy atom. The van der Waals surface area contributed by atoms with Crippen LogP contribution in [0.25, 0.3) is 0 Å². The first-order valence-electron chi connectivity index (χ1n) is 8.23. The molecule has 0 fully saturated rings. The molecule has 3 nitrogen and oxygen atoms in total. The zero-order valence-corrected chi connectivity index (χ0v) is 14.7. The van der Waals surface area contributed by atoms with Gasteiger partial charge in [0, 0.05) is 11.7 Å². The molecule has 2 aromatic rings. The van der Waals surface area contributed by atoms with Crippen LogP contribution in [0.4, 0.5) is 10.1 Å². The van der Waals surface area contributed by atoms with Crippen LogP contribution in [0.3, 0.4) is 0 Å². The van der Waals surface area contributed by atoms with E-state index in [1.807, 2.05) is 32.0 Å². The van der Waals surface area contributed by atoms with Gasteiger partial charge in [0.2, 0.25) is 5.91 Å². The third-order valence-corrected chi connectivity index (χ3v) is 4.12. The van der Waals surface area contributed by atoms with E-state index in [9.17, 15) is 9.18 Å². The highest BCUT2D eigenvalue weighted by atomic mass is 19.1. The lowest BCUT2D eigenvalue weighted by Crippen LogP contribution is -2.34. The van der Waals surface area contributed by atoms with Crippen molar-refractivity contribution in [3.63, 3.8) is 0 Å². The molecule has 0 aliphatic carbocycles. The second-order valence-corrected chi connectivity index (χ2v) is 6.47. The summed E-state index contributed by atoms with van der Waals surface area (Å²) in [6.45, 7) is 8.31. The van der Waals surface area contributed by atoms with Gasteiger partial charge in [-0.3, -0.25) is 4.79 Å². The first-order valence-corrected chi connectivity index (χ1v) is 8.23. The van der Waals surface area contributed by atoms with Crippen LogP contribution in [0.1, 0.15) is 36.6 Å². The lowest BCUT2D eigenvalue weighted by atomic mass is 9.96. The molecule has 0 saturated carbocycles. The summed E-state index contributed by atoms with van der Waals surface area (Å²) in [5.74, 6) is -0.0577. The standard InChI is InChI=1S/C20H25FN2O/c1-13(2)19(16-8-10-17(21)11-9-16)22-12-18(24)23-20-14(3)6-5-7-15(20)4/h5-11,13,19,22H,12H2,1-4H3,(H,23,24)/t19-/m1/s1. The van der Waals surface area contributed by atoms with Gasteiger partial charge in [-0.2, -0.15) is 0 Å². The summed E-state index contributed by atoms with van der Waals surface area (Å²) in [5, 5.41) is 6.25. The van der Waals surface area contributed by atoms with Crippen molar-refractivity contribution in [1.82, 2.24) is 5.32 Å². The van der Waals surface area contributed by atoms with E-state index in [0.29, 0.717) is 0 Å². The highest BCUT2D eigenvalue weighted by molar-refractivity contribution is 5.93. The van der Waals surface area contributed by atoms with Crippen LogP contribution >= 0.6 is 0 Å². The summed E-state index contributed by atoms with van der Waals surface area (Å²) in [7, 11) is 0. The molecule has 2 N–H and O–H groups in total. The molecular weight excluding hydrogens is 303 g/mol. The van der Waals surface area contributed by atoms with Crippen molar-refractivity contribution in [2.45, 2.75) is 33.7 Å². The fourth-order valence-corrected chi connectivity index (χ4v) is 2.81. The third kappa shape index (κ3) is 4.65. The van der Waals surface area contributed by atoms with Gasteiger partial charge >= 0.3 is 0 Å². The van der Waals surface area contributed by atoms with Crippen LogP contribution in [-0.2, 0) is 4.79 Å². The van der Waals surface area contributed by atoms with Crippen molar-refractivity contribution in [1.29, 1.82) is 0 Å². The highest BCUT2D eigenvalue weighted by Crippen LogP contribution is 2.22. The summed E-state index contributed by atoms with van der Waals surface area (Å²) in [4.78, 5) is 12.3. The fourth-order valence-electron chi connectivity index (χ4n) is 2.81. The number of amides is 1. The van der Waals surface area contributed by atoms with Gasteiger partial charge in [0.15, 0.2) is 0 Å². The molecular formula is C20H25FN2O. The molecule has 0 unspecified atom stereocenters. The van der Waals surface area contributed by atoms with Gasteiger partial charge in [0.1, 0.15) is 5.82 Å². The molecule has 128 valence electrons. The van der Waals surface area contributed by atoms with Gasteiger partial charge in [-0.1, -0.05) is 44.2 Å². The van der Waals surface area contributed by atoms with Crippen molar-refractivity contribution in [2.24, 2.45) is 5.92 Å². The van der Waals surface area contributed by atoms with Crippen molar-refractivity contribution in [3.05, 3.63) is 65.0 Å². The number of aryl methyl sites for hydroxylation is 2. The quantitative estimate of drug-likeness (QED) is 0.827. The number of rotatable bonds is 6. The summed E-state index contributed by atoms with van der Waals surface area (Å²) >= 11 is 0. The Morgan fingerprint density at radius 2 is 1.62 bits per heavy atom. The van der Waals surface area contributed by atoms with E-state index in [1.165, 1.54) is 12.1 Å². The molecule has 0 aliphatic rings. The van der Waals surface area contributed by atoms with Crippen molar-refractivity contribution in [3.8, 4) is 0 Å². The molecule has 0 spiro atoms. The van der Waals surface area contributed by atoms with E-state index in [1.54, 1.807) is 12.1 Å². The summed E-state index contributed by atoms with van der Waals surface area (Å²) in [6, 6.07) is 12.3. The highest BCUT2D eigenvalue weighted by Gasteiger charge is 2.17. The van der Waals surface area contributed by atoms with Crippen LogP contribution < -0.4 is 10.6 Å².